The Morgan fingerprint density at radius 2 is 1.90 bits per heavy atom. The number of ether oxygens (including phenoxy) is 1. The van der Waals surface area contributed by atoms with Gasteiger partial charge in [0.2, 0.25) is 5.91 Å². The molecule has 1 aromatic heterocycles. The van der Waals surface area contributed by atoms with Crippen molar-refractivity contribution in [3.63, 3.8) is 0 Å². The van der Waals surface area contributed by atoms with Crippen LogP contribution in [0.25, 0.3) is 0 Å². The molecule has 0 bridgehead atoms. The first kappa shape index (κ1) is 21.2. The molecule has 1 saturated heterocycles. The van der Waals surface area contributed by atoms with Crippen molar-refractivity contribution in [2.24, 2.45) is 0 Å². The van der Waals surface area contributed by atoms with Crippen LogP contribution in [-0.4, -0.2) is 53.9 Å². The number of carbonyl (C=O) groups is 1. The largest absolute Gasteiger partial charge is 0.495 e. The van der Waals surface area contributed by atoms with Crippen molar-refractivity contribution in [3.05, 3.63) is 40.4 Å². The molecule has 0 N–H and O–H groups in total. The lowest BCUT2D eigenvalue weighted by Gasteiger charge is -2.36. The van der Waals surface area contributed by atoms with Crippen LogP contribution >= 0.6 is 11.6 Å². The minimum Gasteiger partial charge on any atom is -0.495 e. The third-order valence-electron chi connectivity index (χ3n) is 4.80. The van der Waals surface area contributed by atoms with Gasteiger partial charge >= 0.3 is 6.18 Å². The Labute approximate surface area is 169 Å². The zero-order valence-corrected chi connectivity index (χ0v) is 16.5. The van der Waals surface area contributed by atoms with Crippen molar-refractivity contribution < 1.29 is 27.1 Å². The number of nitrogens with zero attached hydrogens (tertiary/aromatic N) is 4. The van der Waals surface area contributed by atoms with E-state index in [-0.39, 0.29) is 18.1 Å². The lowest BCUT2D eigenvalue weighted by molar-refractivity contribution is -0.142. The predicted molar refractivity (Wildman–Crippen MR) is 98.7 cm³/mol. The highest BCUT2D eigenvalue weighted by molar-refractivity contribution is 6.32. The highest BCUT2D eigenvalue weighted by Crippen LogP contribution is 2.35. The molecule has 2 heterocycles. The number of anilines is 1. The highest BCUT2D eigenvalue weighted by atomic mass is 35.5. The van der Waals surface area contributed by atoms with Crippen molar-refractivity contribution in [2.45, 2.75) is 19.6 Å². The summed E-state index contributed by atoms with van der Waals surface area (Å²) in [7, 11) is 1.49. The van der Waals surface area contributed by atoms with Crippen LogP contribution < -0.4 is 9.64 Å². The smallest absolute Gasteiger partial charge is 0.436 e. The maximum atomic E-state index is 13.6. The maximum absolute atomic E-state index is 13.6. The molecule has 0 unspecified atom stereocenters. The molecule has 0 radical (unpaired) electrons. The molecule has 0 atom stereocenters. The second-order valence-electron chi connectivity index (χ2n) is 6.59. The Bertz CT molecular complexity index is 908. The molecular weight excluding hydrogens is 416 g/mol. The van der Waals surface area contributed by atoms with Gasteiger partial charge in [0.1, 0.15) is 18.1 Å². The summed E-state index contributed by atoms with van der Waals surface area (Å²) < 4.78 is 58.6. The van der Waals surface area contributed by atoms with E-state index in [9.17, 15) is 22.4 Å². The van der Waals surface area contributed by atoms with E-state index in [1.165, 1.54) is 37.1 Å². The summed E-state index contributed by atoms with van der Waals surface area (Å²) in [6.45, 7) is 2.56. The van der Waals surface area contributed by atoms with Crippen LogP contribution in [-0.2, 0) is 17.5 Å². The molecule has 1 amide bonds. The number of alkyl halides is 3. The Hall–Kier alpha value is -2.49. The topological polar surface area (TPSA) is 50.6 Å². The monoisotopic (exact) mass is 434 g/mol. The quantitative estimate of drug-likeness (QED) is 0.692. The Kier molecular flexibility index (Phi) is 5.92. The van der Waals surface area contributed by atoms with Gasteiger partial charge in [0, 0.05) is 32.2 Å². The van der Waals surface area contributed by atoms with Crippen molar-refractivity contribution in [1.82, 2.24) is 14.7 Å². The standard InChI is InChI=1S/C18H19ClF4N4O2/c1-11-16(19)17(18(21,22)23)24-27(11)10-15(28)26-7-5-25(6-8-26)13-9-12(20)3-4-14(13)29-2/h3-4,9H,5-8,10H2,1-2H3. The second kappa shape index (κ2) is 8.10. The number of amides is 1. The molecule has 11 heteroatoms. The molecule has 1 aliphatic rings. The van der Waals surface area contributed by atoms with Gasteiger partial charge in [-0.1, -0.05) is 11.6 Å². The van der Waals surface area contributed by atoms with Crippen LogP contribution in [0.5, 0.6) is 5.75 Å². The lowest BCUT2D eigenvalue weighted by atomic mass is 10.2. The second-order valence-corrected chi connectivity index (χ2v) is 6.97. The summed E-state index contributed by atoms with van der Waals surface area (Å²) in [6, 6.07) is 4.20. The molecule has 1 aliphatic heterocycles. The predicted octanol–water partition coefficient (Wildman–Crippen LogP) is 3.36. The summed E-state index contributed by atoms with van der Waals surface area (Å²) in [4.78, 5) is 16.0. The number of benzene rings is 1. The van der Waals surface area contributed by atoms with Gasteiger partial charge < -0.3 is 14.5 Å². The van der Waals surface area contributed by atoms with E-state index in [2.05, 4.69) is 5.10 Å². The van der Waals surface area contributed by atoms with Crippen LogP contribution in [0.1, 0.15) is 11.4 Å². The van der Waals surface area contributed by atoms with Crippen LogP contribution in [0.15, 0.2) is 18.2 Å². The normalized spacial score (nSPS) is 15.0. The first-order valence-electron chi connectivity index (χ1n) is 8.78. The van der Waals surface area contributed by atoms with Gasteiger partial charge in [-0.3, -0.25) is 9.48 Å². The van der Waals surface area contributed by atoms with E-state index in [1.807, 2.05) is 4.90 Å². The Morgan fingerprint density at radius 3 is 2.45 bits per heavy atom. The minimum atomic E-state index is -4.69. The van der Waals surface area contributed by atoms with Gasteiger partial charge in [-0.25, -0.2) is 4.39 Å². The molecule has 1 aromatic carbocycles. The van der Waals surface area contributed by atoms with Gasteiger partial charge in [-0.2, -0.15) is 18.3 Å². The fourth-order valence-electron chi connectivity index (χ4n) is 3.19. The van der Waals surface area contributed by atoms with Gasteiger partial charge in [0.15, 0.2) is 5.69 Å². The van der Waals surface area contributed by atoms with Crippen molar-refractivity contribution in [3.8, 4) is 5.75 Å². The highest BCUT2D eigenvalue weighted by Gasteiger charge is 2.38. The van der Waals surface area contributed by atoms with Gasteiger partial charge in [0.25, 0.3) is 0 Å². The number of halogens is 5. The minimum absolute atomic E-state index is 0.0791. The third-order valence-corrected chi connectivity index (χ3v) is 5.25. The molecule has 0 aliphatic carbocycles. The number of hydrogen-bond acceptors (Lipinski definition) is 4. The van der Waals surface area contributed by atoms with E-state index < -0.39 is 22.7 Å². The van der Waals surface area contributed by atoms with Gasteiger partial charge in [-0.05, 0) is 19.1 Å². The Morgan fingerprint density at radius 1 is 1.24 bits per heavy atom. The SMILES string of the molecule is COc1ccc(F)cc1N1CCN(C(=O)Cn2nc(C(F)(F)F)c(Cl)c2C)CC1. The molecule has 0 saturated carbocycles. The van der Waals surface area contributed by atoms with E-state index in [0.29, 0.717) is 37.6 Å². The summed E-state index contributed by atoms with van der Waals surface area (Å²) in [5.74, 6) is -0.245. The number of methoxy groups -OCH3 is 1. The number of rotatable bonds is 4. The molecule has 3 rings (SSSR count). The number of carbonyl (C=O) groups excluding carboxylic acids is 1. The van der Waals surface area contributed by atoms with Crippen molar-refractivity contribution >= 4 is 23.2 Å². The molecule has 1 fully saturated rings. The molecule has 6 nitrogen and oxygen atoms in total. The van der Waals surface area contributed by atoms with Crippen LogP contribution in [0.2, 0.25) is 5.02 Å². The molecule has 29 heavy (non-hydrogen) atoms. The molecule has 0 spiro atoms. The molecular formula is C18H19ClF4N4O2. The van der Waals surface area contributed by atoms with Crippen molar-refractivity contribution in [2.75, 3.05) is 38.2 Å². The summed E-state index contributed by atoms with van der Waals surface area (Å²) >= 11 is 5.72. The molecule has 2 aromatic rings. The number of aromatic nitrogens is 2. The van der Waals surface area contributed by atoms with E-state index in [1.54, 1.807) is 0 Å². The van der Waals surface area contributed by atoms with E-state index >= 15 is 0 Å². The van der Waals surface area contributed by atoms with E-state index in [0.717, 1.165) is 4.68 Å². The molecule has 158 valence electrons. The zero-order chi connectivity index (χ0) is 21.3. The van der Waals surface area contributed by atoms with Gasteiger partial charge in [0.05, 0.1) is 23.5 Å². The summed E-state index contributed by atoms with van der Waals surface area (Å²) in [5, 5.41) is 2.95. The fourth-order valence-corrected chi connectivity index (χ4v) is 3.44. The van der Waals surface area contributed by atoms with Crippen LogP contribution in [0.3, 0.4) is 0 Å². The number of hydrogen-bond donors (Lipinski definition) is 0. The van der Waals surface area contributed by atoms with Crippen LogP contribution in [0.4, 0.5) is 23.2 Å². The third kappa shape index (κ3) is 4.42. The average Bonchev–Trinajstić information content (AvgIpc) is 2.96. The first-order valence-corrected chi connectivity index (χ1v) is 9.16. The van der Waals surface area contributed by atoms with Crippen LogP contribution in [0, 0.1) is 12.7 Å². The fraction of sp³-hybridized carbons (Fsp3) is 0.444. The van der Waals surface area contributed by atoms with E-state index in [4.69, 9.17) is 16.3 Å². The maximum Gasteiger partial charge on any atom is 0.436 e. The Balaban J connectivity index is 1.66. The number of piperazine rings is 1. The van der Waals surface area contributed by atoms with Crippen molar-refractivity contribution in [1.29, 1.82) is 0 Å². The summed E-state index contributed by atoms with van der Waals surface area (Å²) in [6.07, 6.45) is -4.69. The average molecular weight is 435 g/mol. The van der Waals surface area contributed by atoms with Gasteiger partial charge in [-0.15, -0.1) is 0 Å². The summed E-state index contributed by atoms with van der Waals surface area (Å²) in [5.41, 5.74) is -0.535. The lowest BCUT2D eigenvalue weighted by Crippen LogP contribution is -2.49. The zero-order valence-electron chi connectivity index (χ0n) is 15.8. The first-order chi connectivity index (χ1) is 13.6.